The van der Waals surface area contributed by atoms with E-state index in [4.69, 9.17) is 4.74 Å². The van der Waals surface area contributed by atoms with Crippen LogP contribution in [0.2, 0.25) is 0 Å². The van der Waals surface area contributed by atoms with Gasteiger partial charge < -0.3 is 24.8 Å². The summed E-state index contributed by atoms with van der Waals surface area (Å²) in [4.78, 5) is 16.7. The number of hydrogen-bond acceptors (Lipinski definition) is 7. The second-order valence-electron chi connectivity index (χ2n) is 8.41. The summed E-state index contributed by atoms with van der Waals surface area (Å²) in [5.41, 5.74) is 2.46. The van der Waals surface area contributed by atoms with Gasteiger partial charge in [-0.3, -0.25) is 5.10 Å². The van der Waals surface area contributed by atoms with Crippen molar-refractivity contribution >= 4 is 34.4 Å². The molecule has 0 aliphatic carbocycles. The molecule has 0 atom stereocenters. The number of H-pyrrole nitrogens is 2. The maximum atomic E-state index is 15.1. The van der Waals surface area contributed by atoms with E-state index in [2.05, 4.69) is 47.3 Å². The lowest BCUT2D eigenvalue weighted by atomic mass is 10.2. The first-order chi connectivity index (χ1) is 16.5. The molecule has 3 aromatic heterocycles. The molecule has 1 fully saturated rings. The molecule has 0 bridgehead atoms. The zero-order valence-corrected chi connectivity index (χ0v) is 19.4. The quantitative estimate of drug-likeness (QED) is 0.389. The Morgan fingerprint density at radius 1 is 1.09 bits per heavy atom. The van der Waals surface area contributed by atoms with Crippen LogP contribution in [-0.4, -0.2) is 63.3 Å². The summed E-state index contributed by atoms with van der Waals surface area (Å²) in [6, 6.07) is 8.93. The van der Waals surface area contributed by atoms with Gasteiger partial charge in [0.05, 0.1) is 5.69 Å². The Bertz CT molecular complexity index is 1340. The number of aromatic amines is 2. The number of halogens is 1. The summed E-state index contributed by atoms with van der Waals surface area (Å²) >= 11 is 0. The second kappa shape index (κ2) is 9.14. The SMILES string of the molecule is C/C=C\c1cc(Nc2cc(N3CCN(C)CC3)nc(Oc3ccc4[nH]c(C)cc4c3F)n2)n[nH]1. The number of aromatic nitrogens is 5. The Morgan fingerprint density at radius 2 is 1.91 bits per heavy atom. The minimum atomic E-state index is -0.451. The van der Waals surface area contributed by atoms with Crippen molar-refractivity contribution in [3.63, 3.8) is 0 Å². The summed E-state index contributed by atoms with van der Waals surface area (Å²) in [7, 11) is 2.10. The van der Waals surface area contributed by atoms with E-state index in [1.165, 1.54) is 0 Å². The first-order valence-electron chi connectivity index (χ1n) is 11.2. The fourth-order valence-electron chi connectivity index (χ4n) is 3.98. The van der Waals surface area contributed by atoms with Crippen molar-refractivity contribution in [1.29, 1.82) is 0 Å². The topological polar surface area (TPSA) is 98.0 Å². The van der Waals surface area contributed by atoms with Gasteiger partial charge in [-0.05, 0) is 45.2 Å². The van der Waals surface area contributed by atoms with Gasteiger partial charge in [-0.15, -0.1) is 0 Å². The van der Waals surface area contributed by atoms with Crippen LogP contribution in [0.25, 0.3) is 17.0 Å². The Balaban J connectivity index is 1.48. The number of anilines is 3. The van der Waals surface area contributed by atoms with Gasteiger partial charge >= 0.3 is 6.01 Å². The van der Waals surface area contributed by atoms with Gasteiger partial charge in [-0.25, -0.2) is 4.39 Å². The van der Waals surface area contributed by atoms with Gasteiger partial charge in [0.1, 0.15) is 11.6 Å². The third kappa shape index (κ3) is 4.58. The van der Waals surface area contributed by atoms with Gasteiger partial charge in [0.25, 0.3) is 0 Å². The lowest BCUT2D eigenvalue weighted by Crippen LogP contribution is -2.44. The molecule has 1 saturated heterocycles. The Kier molecular flexibility index (Phi) is 5.89. The molecule has 0 radical (unpaired) electrons. The van der Waals surface area contributed by atoms with Crippen molar-refractivity contribution in [1.82, 2.24) is 30.0 Å². The largest absolute Gasteiger partial charge is 0.421 e. The first kappa shape index (κ1) is 21.9. The molecule has 9 nitrogen and oxygen atoms in total. The molecule has 176 valence electrons. The highest BCUT2D eigenvalue weighted by atomic mass is 19.1. The average Bonchev–Trinajstić information content (AvgIpc) is 3.42. The zero-order valence-electron chi connectivity index (χ0n) is 19.4. The van der Waals surface area contributed by atoms with Crippen molar-refractivity contribution in [2.24, 2.45) is 0 Å². The van der Waals surface area contributed by atoms with Crippen LogP contribution in [0.5, 0.6) is 11.8 Å². The molecular weight excluding hydrogens is 435 g/mol. The molecule has 3 N–H and O–H groups in total. The van der Waals surface area contributed by atoms with Gasteiger partial charge in [-0.1, -0.05) is 6.08 Å². The van der Waals surface area contributed by atoms with Crippen LogP contribution in [0.3, 0.4) is 0 Å². The average molecular weight is 463 g/mol. The number of likely N-dealkylation sites (N-methyl/N-ethyl adjacent to an activating group) is 1. The summed E-state index contributed by atoms with van der Waals surface area (Å²) in [6.07, 6.45) is 3.85. The minimum absolute atomic E-state index is 0.0636. The van der Waals surface area contributed by atoms with E-state index in [1.807, 2.05) is 38.1 Å². The normalized spacial score (nSPS) is 14.9. The molecule has 10 heteroatoms. The van der Waals surface area contributed by atoms with Crippen molar-refractivity contribution in [3.8, 4) is 11.8 Å². The monoisotopic (exact) mass is 462 g/mol. The van der Waals surface area contributed by atoms with E-state index in [-0.39, 0.29) is 11.8 Å². The molecule has 4 aromatic rings. The molecular formula is C24H27FN8O. The number of rotatable bonds is 6. The number of piperazine rings is 1. The fraction of sp³-hybridized carbons (Fsp3) is 0.292. The molecule has 1 aliphatic heterocycles. The number of fused-ring (bicyclic) bond motifs is 1. The maximum Gasteiger partial charge on any atom is 0.326 e. The maximum absolute atomic E-state index is 15.1. The molecule has 4 heterocycles. The Morgan fingerprint density at radius 3 is 2.71 bits per heavy atom. The molecule has 5 rings (SSSR count). The van der Waals surface area contributed by atoms with E-state index in [0.29, 0.717) is 28.4 Å². The van der Waals surface area contributed by atoms with Crippen LogP contribution in [0.4, 0.5) is 21.8 Å². The van der Waals surface area contributed by atoms with Gasteiger partial charge in [0.15, 0.2) is 17.4 Å². The van der Waals surface area contributed by atoms with Crippen LogP contribution in [-0.2, 0) is 0 Å². The molecule has 0 amide bonds. The van der Waals surface area contributed by atoms with E-state index in [9.17, 15) is 0 Å². The van der Waals surface area contributed by atoms with Gasteiger partial charge in [0, 0.05) is 54.9 Å². The Hall–Kier alpha value is -3.92. The first-order valence-corrected chi connectivity index (χ1v) is 11.2. The van der Waals surface area contributed by atoms with E-state index in [1.54, 1.807) is 18.2 Å². The minimum Gasteiger partial charge on any atom is -0.421 e. The van der Waals surface area contributed by atoms with Crippen LogP contribution < -0.4 is 15.0 Å². The molecule has 0 unspecified atom stereocenters. The second-order valence-corrected chi connectivity index (χ2v) is 8.41. The van der Waals surface area contributed by atoms with Crippen LogP contribution in [0, 0.1) is 12.7 Å². The van der Waals surface area contributed by atoms with Crippen molar-refractivity contribution in [3.05, 3.63) is 53.6 Å². The molecule has 1 aromatic carbocycles. The van der Waals surface area contributed by atoms with Gasteiger partial charge in [0.2, 0.25) is 0 Å². The molecule has 1 aliphatic rings. The third-order valence-electron chi connectivity index (χ3n) is 5.76. The summed E-state index contributed by atoms with van der Waals surface area (Å²) < 4.78 is 21.0. The number of ether oxygens (including phenoxy) is 1. The van der Waals surface area contributed by atoms with E-state index < -0.39 is 5.82 Å². The predicted octanol–water partition coefficient (Wildman–Crippen LogP) is 4.45. The fourth-order valence-corrected chi connectivity index (χ4v) is 3.98. The van der Waals surface area contributed by atoms with Crippen molar-refractivity contribution < 1.29 is 9.13 Å². The van der Waals surface area contributed by atoms with E-state index in [0.717, 1.165) is 37.6 Å². The predicted molar refractivity (Wildman–Crippen MR) is 131 cm³/mol. The summed E-state index contributed by atoms with van der Waals surface area (Å²) in [5.74, 6) is 1.45. The molecule has 0 spiro atoms. The number of aryl methyl sites for hydroxylation is 1. The molecule has 34 heavy (non-hydrogen) atoms. The number of nitrogens with one attached hydrogen (secondary N) is 3. The number of benzene rings is 1. The lowest BCUT2D eigenvalue weighted by molar-refractivity contribution is 0.311. The number of allylic oxidation sites excluding steroid dienone is 1. The zero-order chi connectivity index (χ0) is 23.7. The number of hydrogen-bond donors (Lipinski definition) is 3. The lowest BCUT2D eigenvalue weighted by Gasteiger charge is -2.33. The highest BCUT2D eigenvalue weighted by Crippen LogP contribution is 2.31. The highest BCUT2D eigenvalue weighted by Gasteiger charge is 2.19. The Labute approximate surface area is 196 Å². The summed E-state index contributed by atoms with van der Waals surface area (Å²) in [5, 5.41) is 10.9. The van der Waals surface area contributed by atoms with Crippen molar-refractivity contribution in [2.45, 2.75) is 13.8 Å². The van der Waals surface area contributed by atoms with E-state index >= 15 is 4.39 Å². The molecule has 0 saturated carbocycles. The van der Waals surface area contributed by atoms with Crippen LogP contribution in [0.1, 0.15) is 18.3 Å². The highest BCUT2D eigenvalue weighted by molar-refractivity contribution is 5.82. The van der Waals surface area contributed by atoms with Crippen LogP contribution in [0.15, 0.2) is 36.4 Å². The van der Waals surface area contributed by atoms with Gasteiger partial charge in [-0.2, -0.15) is 15.1 Å². The summed E-state index contributed by atoms with van der Waals surface area (Å²) in [6.45, 7) is 7.32. The third-order valence-corrected chi connectivity index (χ3v) is 5.76. The standard InChI is InChI=1S/C24H27FN8O/c1-4-5-16-13-21(31-30-16)27-20-14-22(33-10-8-32(3)9-11-33)29-24(28-20)34-19-7-6-18-17(23(19)25)12-15(2)26-18/h4-7,12-14,26H,8-11H2,1-3H3,(H2,27,28,29,30,31)/b5-4-. The smallest absolute Gasteiger partial charge is 0.326 e. The van der Waals surface area contributed by atoms with Crippen LogP contribution >= 0.6 is 0 Å². The van der Waals surface area contributed by atoms with Crippen molar-refractivity contribution in [2.75, 3.05) is 43.4 Å². The number of nitrogens with zero attached hydrogens (tertiary/aromatic N) is 5.